The lowest BCUT2D eigenvalue weighted by atomic mass is 10.3. The topological polar surface area (TPSA) is 87.2 Å². The maximum absolute atomic E-state index is 11.2. The van der Waals surface area contributed by atoms with E-state index in [4.69, 9.17) is 9.88 Å². The molecule has 0 aliphatic rings. The summed E-state index contributed by atoms with van der Waals surface area (Å²) in [6, 6.07) is 5.00. The first-order valence-electron chi connectivity index (χ1n) is 4.65. The number of rotatable bonds is 3. The molecule has 2 aromatic rings. The molecule has 16 heavy (non-hydrogen) atoms. The fraction of sp³-hybridized carbons (Fsp3) is 0.222. The Morgan fingerprint density at radius 3 is 2.88 bits per heavy atom. The van der Waals surface area contributed by atoms with Crippen LogP contribution in [0, 0.1) is 0 Å². The van der Waals surface area contributed by atoms with Crippen molar-refractivity contribution < 1.29 is 13.2 Å². The molecule has 2 N–H and O–H groups in total. The third-order valence-corrected chi connectivity index (χ3v) is 2.91. The summed E-state index contributed by atoms with van der Waals surface area (Å²) in [4.78, 5) is 3.93. The highest BCUT2D eigenvalue weighted by molar-refractivity contribution is 7.87. The van der Waals surface area contributed by atoms with Gasteiger partial charge in [-0.05, 0) is 19.1 Å². The Bertz CT molecular complexity index is 618. The molecule has 0 amide bonds. The lowest BCUT2D eigenvalue weighted by Crippen LogP contribution is -2.20. The van der Waals surface area contributed by atoms with Crippen molar-refractivity contribution in [2.24, 2.45) is 5.14 Å². The number of hydrogen-bond donors (Lipinski definition) is 1. The third-order valence-electron chi connectivity index (χ3n) is 2.07. The fourth-order valence-corrected chi connectivity index (χ4v) is 2.02. The zero-order chi connectivity index (χ0) is 11.8. The zero-order valence-electron chi connectivity index (χ0n) is 8.62. The van der Waals surface area contributed by atoms with E-state index in [1.807, 2.05) is 6.92 Å². The molecule has 2 rings (SSSR count). The molecule has 0 saturated heterocycles. The molecule has 0 radical (unpaired) electrons. The summed E-state index contributed by atoms with van der Waals surface area (Å²) in [5.74, 6) is 0.584. The molecular formula is C9H11N3O3S. The molecule has 0 fully saturated rings. The zero-order valence-corrected chi connectivity index (χ0v) is 9.44. The van der Waals surface area contributed by atoms with Gasteiger partial charge in [0.2, 0.25) is 0 Å². The monoisotopic (exact) mass is 241 g/mol. The van der Waals surface area contributed by atoms with Crippen LogP contribution in [0.3, 0.4) is 0 Å². The number of imidazole rings is 1. The van der Waals surface area contributed by atoms with E-state index in [9.17, 15) is 8.42 Å². The van der Waals surface area contributed by atoms with Gasteiger partial charge in [0.25, 0.3) is 0 Å². The Kier molecular flexibility index (Phi) is 2.56. The molecule has 0 aliphatic carbocycles. The average Bonchev–Trinajstić information content (AvgIpc) is 2.60. The second-order valence-electron chi connectivity index (χ2n) is 3.17. The van der Waals surface area contributed by atoms with Gasteiger partial charge >= 0.3 is 10.2 Å². The van der Waals surface area contributed by atoms with E-state index < -0.39 is 10.2 Å². The average molecular weight is 241 g/mol. The van der Waals surface area contributed by atoms with Crippen LogP contribution in [-0.4, -0.2) is 24.0 Å². The van der Waals surface area contributed by atoms with E-state index in [-0.39, 0.29) is 0 Å². The second-order valence-corrected chi connectivity index (χ2v) is 4.59. The highest BCUT2D eigenvalue weighted by atomic mass is 32.2. The van der Waals surface area contributed by atoms with Gasteiger partial charge < -0.3 is 4.74 Å². The summed E-state index contributed by atoms with van der Waals surface area (Å²) in [5.41, 5.74) is 0.964. The van der Waals surface area contributed by atoms with E-state index in [2.05, 4.69) is 4.98 Å². The van der Waals surface area contributed by atoms with Crippen molar-refractivity contribution in [2.75, 3.05) is 6.61 Å². The fourth-order valence-electron chi connectivity index (χ4n) is 1.43. The van der Waals surface area contributed by atoms with E-state index in [1.54, 1.807) is 18.2 Å². The van der Waals surface area contributed by atoms with Crippen LogP contribution in [0.4, 0.5) is 0 Å². The Morgan fingerprint density at radius 2 is 2.25 bits per heavy atom. The van der Waals surface area contributed by atoms with Gasteiger partial charge in [-0.25, -0.2) is 14.1 Å². The van der Waals surface area contributed by atoms with Crippen LogP contribution in [0.2, 0.25) is 0 Å². The van der Waals surface area contributed by atoms with E-state index in [0.29, 0.717) is 23.4 Å². The van der Waals surface area contributed by atoms with E-state index in [0.717, 1.165) is 3.97 Å². The number of nitrogens with two attached hydrogens (primary N) is 1. The van der Waals surface area contributed by atoms with Crippen molar-refractivity contribution in [1.82, 2.24) is 8.96 Å². The first-order chi connectivity index (χ1) is 7.52. The Balaban J connectivity index is 2.65. The van der Waals surface area contributed by atoms with Gasteiger partial charge in [-0.15, -0.1) is 0 Å². The molecule has 0 saturated carbocycles. The molecule has 0 atom stereocenters. The Morgan fingerprint density at radius 1 is 1.50 bits per heavy atom. The summed E-state index contributed by atoms with van der Waals surface area (Å²) in [6.45, 7) is 2.36. The van der Waals surface area contributed by atoms with Gasteiger partial charge in [0, 0.05) is 6.07 Å². The SMILES string of the molecule is CCOc1ccc2ncn(S(N)(=O)=O)c2c1. The predicted molar refractivity (Wildman–Crippen MR) is 59.4 cm³/mol. The number of hydrogen-bond acceptors (Lipinski definition) is 4. The molecular weight excluding hydrogens is 230 g/mol. The first kappa shape index (κ1) is 10.9. The molecule has 0 bridgehead atoms. The molecule has 7 heteroatoms. The number of nitrogens with zero attached hydrogens (tertiary/aromatic N) is 2. The van der Waals surface area contributed by atoms with Crippen LogP contribution in [0.25, 0.3) is 11.0 Å². The van der Waals surface area contributed by atoms with Crippen LogP contribution in [0.15, 0.2) is 24.5 Å². The second kappa shape index (κ2) is 3.76. The minimum absolute atomic E-state index is 0.411. The van der Waals surface area contributed by atoms with Crippen molar-refractivity contribution in [1.29, 1.82) is 0 Å². The Labute approximate surface area is 92.8 Å². The number of benzene rings is 1. The summed E-state index contributed by atoms with van der Waals surface area (Å²) in [5, 5.41) is 5.05. The van der Waals surface area contributed by atoms with Gasteiger partial charge in [0.1, 0.15) is 12.1 Å². The lowest BCUT2D eigenvalue weighted by Gasteiger charge is -2.04. The van der Waals surface area contributed by atoms with E-state index in [1.165, 1.54) is 6.33 Å². The quantitative estimate of drug-likeness (QED) is 0.847. The largest absolute Gasteiger partial charge is 0.494 e. The van der Waals surface area contributed by atoms with E-state index >= 15 is 0 Å². The highest BCUT2D eigenvalue weighted by Gasteiger charge is 2.11. The Hall–Kier alpha value is -1.60. The normalized spacial score (nSPS) is 11.9. The van der Waals surface area contributed by atoms with Gasteiger partial charge in [0.15, 0.2) is 0 Å². The predicted octanol–water partition coefficient (Wildman–Crippen LogP) is 0.487. The lowest BCUT2D eigenvalue weighted by molar-refractivity contribution is 0.340. The summed E-state index contributed by atoms with van der Waals surface area (Å²) >= 11 is 0. The van der Waals surface area contributed by atoms with Crippen molar-refractivity contribution >= 4 is 21.2 Å². The van der Waals surface area contributed by atoms with Crippen LogP contribution in [-0.2, 0) is 10.2 Å². The molecule has 6 nitrogen and oxygen atoms in total. The van der Waals surface area contributed by atoms with Gasteiger partial charge in [0.05, 0.1) is 17.6 Å². The molecule has 0 unspecified atom stereocenters. The summed E-state index contributed by atoms with van der Waals surface area (Å²) in [6.07, 6.45) is 1.18. The minimum atomic E-state index is -3.82. The minimum Gasteiger partial charge on any atom is -0.494 e. The maximum atomic E-state index is 11.2. The molecule has 86 valence electrons. The number of ether oxygens (including phenoxy) is 1. The highest BCUT2D eigenvalue weighted by Crippen LogP contribution is 2.20. The summed E-state index contributed by atoms with van der Waals surface area (Å²) in [7, 11) is -3.82. The van der Waals surface area contributed by atoms with Gasteiger partial charge in [-0.2, -0.15) is 8.42 Å². The van der Waals surface area contributed by atoms with Gasteiger partial charge in [-0.3, -0.25) is 0 Å². The van der Waals surface area contributed by atoms with Crippen LogP contribution in [0.1, 0.15) is 6.92 Å². The van der Waals surface area contributed by atoms with Gasteiger partial charge in [-0.1, -0.05) is 0 Å². The van der Waals surface area contributed by atoms with Crippen molar-refractivity contribution in [3.8, 4) is 5.75 Å². The molecule has 1 aromatic heterocycles. The van der Waals surface area contributed by atoms with Crippen LogP contribution >= 0.6 is 0 Å². The van der Waals surface area contributed by atoms with Crippen LogP contribution < -0.4 is 9.88 Å². The number of fused-ring (bicyclic) bond motifs is 1. The van der Waals surface area contributed by atoms with Crippen LogP contribution in [0.5, 0.6) is 5.75 Å². The summed E-state index contributed by atoms with van der Waals surface area (Å²) < 4.78 is 28.7. The molecule has 0 spiro atoms. The molecule has 1 aromatic carbocycles. The standard InChI is InChI=1S/C9H11N3O3S/c1-2-15-7-3-4-8-9(5-7)12(6-11-8)16(10,13)14/h3-6H,2H2,1H3,(H2,10,13,14). The van der Waals surface area contributed by atoms with Crippen molar-refractivity contribution in [3.05, 3.63) is 24.5 Å². The van der Waals surface area contributed by atoms with Crippen molar-refractivity contribution in [3.63, 3.8) is 0 Å². The number of aromatic nitrogens is 2. The smallest absolute Gasteiger partial charge is 0.304 e. The maximum Gasteiger partial charge on any atom is 0.304 e. The molecule has 0 aliphatic heterocycles. The third kappa shape index (κ3) is 1.86. The molecule has 1 heterocycles. The first-order valence-corrected chi connectivity index (χ1v) is 6.16. The van der Waals surface area contributed by atoms with Crippen molar-refractivity contribution in [2.45, 2.75) is 6.92 Å².